The van der Waals surface area contributed by atoms with E-state index in [1.54, 1.807) is 19.2 Å². The number of aromatic nitrogens is 4. The third kappa shape index (κ3) is 2.26. The summed E-state index contributed by atoms with van der Waals surface area (Å²) in [5.74, 6) is 0.491. The van der Waals surface area contributed by atoms with Crippen LogP contribution in [-0.4, -0.2) is 31.2 Å². The fraction of sp³-hybridized carbons (Fsp3) is 0.300. The van der Waals surface area contributed by atoms with Crippen molar-refractivity contribution in [2.75, 3.05) is 11.9 Å². The first-order valence-electron chi connectivity index (χ1n) is 5.39. The van der Waals surface area contributed by atoms with E-state index in [0.717, 1.165) is 5.69 Å². The van der Waals surface area contributed by atoms with Crippen molar-refractivity contribution in [2.24, 2.45) is 0 Å². The van der Waals surface area contributed by atoms with E-state index in [-0.39, 0.29) is 11.5 Å². The Labute approximate surface area is 103 Å². The third-order valence-corrected chi connectivity index (χ3v) is 2.22. The van der Waals surface area contributed by atoms with E-state index < -0.39 is 4.92 Å². The molecule has 0 unspecified atom stereocenters. The van der Waals surface area contributed by atoms with Crippen LogP contribution in [0.15, 0.2) is 18.5 Å². The average Bonchev–Trinajstić information content (AvgIpc) is 2.76. The lowest BCUT2D eigenvalue weighted by atomic mass is 10.5. The minimum absolute atomic E-state index is 0.152. The van der Waals surface area contributed by atoms with Crippen LogP contribution in [0.5, 0.6) is 0 Å². The summed E-state index contributed by atoms with van der Waals surface area (Å²) in [6.07, 6.45) is 2.80. The summed E-state index contributed by atoms with van der Waals surface area (Å²) in [4.78, 5) is 18.4. The quantitative estimate of drug-likeness (QED) is 0.647. The summed E-state index contributed by atoms with van der Waals surface area (Å²) in [6, 6.07) is 1.75. The zero-order chi connectivity index (χ0) is 13.1. The maximum atomic E-state index is 10.9. The van der Waals surface area contributed by atoms with Gasteiger partial charge in [0, 0.05) is 12.7 Å². The van der Waals surface area contributed by atoms with Gasteiger partial charge in [-0.1, -0.05) is 0 Å². The second kappa shape index (κ2) is 4.78. The molecule has 0 bridgehead atoms. The molecule has 0 aromatic carbocycles. The van der Waals surface area contributed by atoms with E-state index in [0.29, 0.717) is 12.5 Å². The smallest absolute Gasteiger partial charge is 0.332 e. The highest BCUT2D eigenvalue weighted by molar-refractivity contribution is 5.48. The Kier molecular flexibility index (Phi) is 3.18. The molecule has 8 nitrogen and oxygen atoms in total. The maximum Gasteiger partial charge on any atom is 0.332 e. The number of anilines is 1. The second-order valence-corrected chi connectivity index (χ2v) is 3.59. The van der Waals surface area contributed by atoms with Gasteiger partial charge in [-0.05, 0) is 19.9 Å². The van der Waals surface area contributed by atoms with Crippen LogP contribution in [0, 0.1) is 17.0 Å². The van der Waals surface area contributed by atoms with E-state index in [2.05, 4.69) is 20.4 Å². The van der Waals surface area contributed by atoms with Crippen molar-refractivity contribution in [3.05, 3.63) is 34.3 Å². The number of nitro groups is 1. The Morgan fingerprint density at radius 1 is 1.56 bits per heavy atom. The van der Waals surface area contributed by atoms with Crippen LogP contribution in [0.3, 0.4) is 0 Å². The van der Waals surface area contributed by atoms with E-state index in [1.165, 1.54) is 10.9 Å². The summed E-state index contributed by atoms with van der Waals surface area (Å²) in [6.45, 7) is 4.33. The molecule has 2 aromatic rings. The summed E-state index contributed by atoms with van der Waals surface area (Å²) in [7, 11) is 0. The zero-order valence-corrected chi connectivity index (χ0v) is 9.99. The molecule has 1 N–H and O–H groups in total. The van der Waals surface area contributed by atoms with Gasteiger partial charge in [-0.25, -0.2) is 9.67 Å². The molecule has 18 heavy (non-hydrogen) atoms. The number of nitrogens with zero attached hydrogens (tertiary/aromatic N) is 5. The van der Waals surface area contributed by atoms with Crippen LogP contribution in [-0.2, 0) is 0 Å². The van der Waals surface area contributed by atoms with Crippen molar-refractivity contribution in [2.45, 2.75) is 13.8 Å². The summed E-state index contributed by atoms with van der Waals surface area (Å²) in [5, 5.41) is 18.0. The van der Waals surface area contributed by atoms with Gasteiger partial charge in [0.25, 0.3) is 0 Å². The van der Waals surface area contributed by atoms with Crippen molar-refractivity contribution in [1.29, 1.82) is 0 Å². The number of nitrogens with one attached hydrogen (secondary N) is 1. The summed E-state index contributed by atoms with van der Waals surface area (Å²) >= 11 is 0. The normalized spacial score (nSPS) is 10.3. The van der Waals surface area contributed by atoms with E-state index in [9.17, 15) is 10.1 Å². The zero-order valence-electron chi connectivity index (χ0n) is 9.99. The molecule has 2 rings (SSSR count). The molecular weight excluding hydrogens is 236 g/mol. The van der Waals surface area contributed by atoms with Crippen LogP contribution < -0.4 is 5.32 Å². The molecule has 0 aliphatic heterocycles. The fourth-order valence-corrected chi connectivity index (χ4v) is 1.44. The van der Waals surface area contributed by atoms with Crippen LogP contribution in [0.1, 0.15) is 12.6 Å². The van der Waals surface area contributed by atoms with Crippen LogP contribution in [0.2, 0.25) is 0 Å². The number of rotatable bonds is 4. The standard InChI is InChI=1S/C10H12N6O2/c1-3-11-10-12-6-8(16(17)18)9(13-10)15-5-4-7(2)14-15/h4-6H,3H2,1-2H3,(H,11,12,13). The van der Waals surface area contributed by atoms with Gasteiger partial charge in [0.2, 0.25) is 11.8 Å². The molecule has 0 aliphatic rings. The van der Waals surface area contributed by atoms with Gasteiger partial charge in [0.05, 0.1) is 10.6 Å². The SMILES string of the molecule is CCNc1ncc([N+](=O)[O-])c(-n2ccc(C)n2)n1. The summed E-state index contributed by atoms with van der Waals surface area (Å²) < 4.78 is 1.37. The Bertz CT molecular complexity index is 579. The Morgan fingerprint density at radius 2 is 2.33 bits per heavy atom. The fourth-order valence-electron chi connectivity index (χ4n) is 1.44. The lowest BCUT2D eigenvalue weighted by Crippen LogP contribution is -2.09. The van der Waals surface area contributed by atoms with E-state index in [1.807, 2.05) is 6.92 Å². The van der Waals surface area contributed by atoms with Gasteiger partial charge in [-0.3, -0.25) is 10.1 Å². The molecule has 0 atom stereocenters. The highest BCUT2D eigenvalue weighted by Crippen LogP contribution is 2.20. The molecule has 2 heterocycles. The van der Waals surface area contributed by atoms with Gasteiger partial charge in [0.15, 0.2) is 0 Å². The second-order valence-electron chi connectivity index (χ2n) is 3.59. The first-order chi connectivity index (χ1) is 8.61. The Balaban J connectivity index is 2.53. The minimum Gasteiger partial charge on any atom is -0.354 e. The van der Waals surface area contributed by atoms with E-state index in [4.69, 9.17) is 0 Å². The number of aryl methyl sites for hydroxylation is 1. The van der Waals surface area contributed by atoms with Crippen molar-refractivity contribution < 1.29 is 4.92 Å². The Hall–Kier alpha value is -2.51. The highest BCUT2D eigenvalue weighted by Gasteiger charge is 2.19. The monoisotopic (exact) mass is 248 g/mol. The molecule has 0 aliphatic carbocycles. The van der Waals surface area contributed by atoms with Crippen LogP contribution in [0.25, 0.3) is 5.82 Å². The number of hydrogen-bond donors (Lipinski definition) is 1. The molecule has 0 spiro atoms. The molecule has 2 aromatic heterocycles. The predicted octanol–water partition coefficient (Wildman–Crippen LogP) is 1.31. The predicted molar refractivity (Wildman–Crippen MR) is 64.7 cm³/mol. The van der Waals surface area contributed by atoms with Crippen molar-refractivity contribution in [3.63, 3.8) is 0 Å². The van der Waals surface area contributed by atoms with Crippen molar-refractivity contribution in [3.8, 4) is 5.82 Å². The van der Waals surface area contributed by atoms with E-state index >= 15 is 0 Å². The molecule has 94 valence electrons. The largest absolute Gasteiger partial charge is 0.354 e. The first kappa shape index (κ1) is 12.0. The highest BCUT2D eigenvalue weighted by atomic mass is 16.6. The van der Waals surface area contributed by atoms with Crippen LogP contribution in [0.4, 0.5) is 11.6 Å². The maximum absolute atomic E-state index is 10.9. The molecule has 0 saturated heterocycles. The van der Waals surface area contributed by atoms with Gasteiger partial charge >= 0.3 is 5.69 Å². The molecule has 0 saturated carbocycles. The van der Waals surface area contributed by atoms with Crippen molar-refractivity contribution in [1.82, 2.24) is 19.7 Å². The topological polar surface area (TPSA) is 98.8 Å². The number of hydrogen-bond acceptors (Lipinski definition) is 6. The summed E-state index contributed by atoms with van der Waals surface area (Å²) in [5.41, 5.74) is 0.577. The van der Waals surface area contributed by atoms with Gasteiger partial charge in [-0.2, -0.15) is 10.1 Å². The van der Waals surface area contributed by atoms with Crippen molar-refractivity contribution >= 4 is 11.6 Å². The van der Waals surface area contributed by atoms with Gasteiger partial charge < -0.3 is 5.32 Å². The molecule has 0 radical (unpaired) electrons. The average molecular weight is 248 g/mol. The van der Waals surface area contributed by atoms with Gasteiger partial charge in [0.1, 0.15) is 6.20 Å². The minimum atomic E-state index is -0.526. The third-order valence-electron chi connectivity index (χ3n) is 2.22. The Morgan fingerprint density at radius 3 is 2.89 bits per heavy atom. The molecule has 8 heteroatoms. The first-order valence-corrected chi connectivity index (χ1v) is 5.39. The van der Waals surface area contributed by atoms with Gasteiger partial charge in [-0.15, -0.1) is 0 Å². The lowest BCUT2D eigenvalue weighted by Gasteiger charge is -2.05. The molecule has 0 amide bonds. The van der Waals surface area contributed by atoms with Crippen LogP contribution >= 0.6 is 0 Å². The molecular formula is C10H12N6O2. The lowest BCUT2D eigenvalue weighted by molar-refractivity contribution is -0.385. The molecule has 0 fully saturated rings.